The molecule has 156 valence electrons. The first-order valence-electron chi connectivity index (χ1n) is 10.2. The molecule has 3 rings (SSSR count). The highest BCUT2D eigenvalue weighted by molar-refractivity contribution is 5.79. The fourth-order valence-electron chi connectivity index (χ4n) is 3.59. The average molecular weight is 400 g/mol. The van der Waals surface area contributed by atoms with E-state index in [1.807, 2.05) is 42.5 Å². The highest BCUT2D eigenvalue weighted by Crippen LogP contribution is 2.34. The van der Waals surface area contributed by atoms with Gasteiger partial charge in [-0.2, -0.15) is 0 Å². The fourth-order valence-corrected chi connectivity index (χ4v) is 3.59. The third kappa shape index (κ3) is 6.19. The van der Waals surface area contributed by atoms with Crippen LogP contribution in [0.2, 0.25) is 0 Å². The summed E-state index contributed by atoms with van der Waals surface area (Å²) in [7, 11) is 1.77. The summed E-state index contributed by atoms with van der Waals surface area (Å²) in [5.74, 6) is 1.44. The summed E-state index contributed by atoms with van der Waals surface area (Å²) in [5, 5.41) is 6.79. The fraction of sp³-hybridized carbons (Fsp3) is 0.435. The highest BCUT2D eigenvalue weighted by Gasteiger charge is 2.34. The van der Waals surface area contributed by atoms with Crippen molar-refractivity contribution in [2.75, 3.05) is 40.0 Å². The summed E-state index contributed by atoms with van der Waals surface area (Å²) in [6.07, 6.45) is 2.66. The second kappa shape index (κ2) is 10.8. The number of para-hydroxylation sites is 1. The lowest BCUT2D eigenvalue weighted by Gasteiger charge is -2.38. The first-order valence-corrected chi connectivity index (χ1v) is 10.2. The van der Waals surface area contributed by atoms with Crippen molar-refractivity contribution in [3.8, 4) is 5.75 Å². The summed E-state index contributed by atoms with van der Waals surface area (Å²) in [4.78, 5) is 4.33. The van der Waals surface area contributed by atoms with Crippen molar-refractivity contribution in [1.82, 2.24) is 10.6 Å². The van der Waals surface area contributed by atoms with Gasteiger partial charge >= 0.3 is 0 Å². The van der Waals surface area contributed by atoms with Crippen LogP contribution in [0.15, 0.2) is 59.6 Å². The molecule has 2 aromatic carbocycles. The molecule has 0 aliphatic carbocycles. The monoisotopic (exact) mass is 399 g/mol. The Morgan fingerprint density at radius 3 is 2.48 bits per heavy atom. The Bertz CT molecular complexity index is 759. The smallest absolute Gasteiger partial charge is 0.191 e. The van der Waals surface area contributed by atoms with Crippen LogP contribution >= 0.6 is 0 Å². The zero-order chi connectivity index (χ0) is 20.4. The average Bonchev–Trinajstić information content (AvgIpc) is 2.77. The van der Waals surface area contributed by atoms with Gasteiger partial charge in [-0.05, 0) is 49.1 Å². The molecule has 5 nitrogen and oxygen atoms in total. The largest absolute Gasteiger partial charge is 0.494 e. The number of benzene rings is 2. The van der Waals surface area contributed by atoms with Gasteiger partial charge in [-0.1, -0.05) is 30.3 Å². The molecule has 29 heavy (non-hydrogen) atoms. The molecular weight excluding hydrogens is 369 g/mol. The molecule has 0 atom stereocenters. The van der Waals surface area contributed by atoms with Crippen LogP contribution in [0.3, 0.4) is 0 Å². The van der Waals surface area contributed by atoms with Crippen LogP contribution in [-0.4, -0.2) is 45.9 Å². The molecular formula is C23H30FN3O2. The number of rotatable bonds is 8. The molecule has 0 unspecified atom stereocenters. The van der Waals surface area contributed by atoms with E-state index < -0.39 is 0 Å². The lowest BCUT2D eigenvalue weighted by Crippen LogP contribution is -2.48. The third-order valence-corrected chi connectivity index (χ3v) is 5.35. The summed E-state index contributed by atoms with van der Waals surface area (Å²) >= 11 is 0. The maximum atomic E-state index is 13.4. The van der Waals surface area contributed by atoms with Gasteiger partial charge in [0, 0.05) is 38.8 Å². The Labute approximate surface area is 172 Å². The summed E-state index contributed by atoms with van der Waals surface area (Å²) < 4.78 is 24.7. The molecule has 1 saturated heterocycles. The van der Waals surface area contributed by atoms with E-state index >= 15 is 0 Å². The number of nitrogens with one attached hydrogen (secondary N) is 2. The zero-order valence-corrected chi connectivity index (χ0v) is 17.0. The molecule has 2 N–H and O–H groups in total. The number of halogens is 1. The highest BCUT2D eigenvalue weighted by atomic mass is 19.1. The molecule has 1 fully saturated rings. The van der Waals surface area contributed by atoms with E-state index in [9.17, 15) is 4.39 Å². The molecule has 1 aliphatic heterocycles. The van der Waals surface area contributed by atoms with Crippen molar-refractivity contribution in [3.63, 3.8) is 0 Å². The van der Waals surface area contributed by atoms with Gasteiger partial charge in [0.2, 0.25) is 0 Å². The van der Waals surface area contributed by atoms with Crippen LogP contribution in [0, 0.1) is 5.82 Å². The van der Waals surface area contributed by atoms with Crippen molar-refractivity contribution < 1.29 is 13.9 Å². The molecule has 0 spiro atoms. The maximum absolute atomic E-state index is 13.4. The molecule has 2 aromatic rings. The van der Waals surface area contributed by atoms with E-state index in [4.69, 9.17) is 9.47 Å². The number of guanidine groups is 1. The van der Waals surface area contributed by atoms with Crippen LogP contribution in [0.1, 0.15) is 24.8 Å². The number of hydrogen-bond donors (Lipinski definition) is 2. The van der Waals surface area contributed by atoms with Crippen LogP contribution in [0.25, 0.3) is 0 Å². The SMILES string of the molecule is CN=C(NCCCOc1ccccc1)NCC1(c2ccc(F)cc2)CCOCC1. The number of ether oxygens (including phenoxy) is 2. The van der Waals surface area contributed by atoms with Gasteiger partial charge in [-0.25, -0.2) is 4.39 Å². The Morgan fingerprint density at radius 1 is 1.07 bits per heavy atom. The van der Waals surface area contributed by atoms with E-state index in [0.717, 1.165) is 49.6 Å². The molecule has 0 radical (unpaired) electrons. The van der Waals surface area contributed by atoms with Crippen LogP contribution in [0.4, 0.5) is 4.39 Å². The molecule has 0 saturated carbocycles. The third-order valence-electron chi connectivity index (χ3n) is 5.35. The molecule has 1 aliphatic rings. The van der Waals surface area contributed by atoms with Crippen LogP contribution in [0.5, 0.6) is 5.75 Å². The number of hydrogen-bond acceptors (Lipinski definition) is 3. The van der Waals surface area contributed by atoms with Crippen molar-refractivity contribution in [1.29, 1.82) is 0 Å². The zero-order valence-electron chi connectivity index (χ0n) is 17.0. The maximum Gasteiger partial charge on any atom is 0.191 e. The normalized spacial score (nSPS) is 16.3. The van der Waals surface area contributed by atoms with Gasteiger partial charge < -0.3 is 20.1 Å². The Balaban J connectivity index is 1.48. The minimum atomic E-state index is -0.209. The van der Waals surface area contributed by atoms with Crippen LogP contribution < -0.4 is 15.4 Å². The van der Waals surface area contributed by atoms with Gasteiger partial charge in [0.25, 0.3) is 0 Å². The van der Waals surface area contributed by atoms with Crippen molar-refractivity contribution in [2.24, 2.45) is 4.99 Å². The summed E-state index contributed by atoms with van der Waals surface area (Å²) in [6, 6.07) is 16.7. The molecule has 0 aromatic heterocycles. The van der Waals surface area contributed by atoms with Crippen molar-refractivity contribution in [2.45, 2.75) is 24.7 Å². The van der Waals surface area contributed by atoms with Crippen molar-refractivity contribution in [3.05, 3.63) is 66.0 Å². The van der Waals surface area contributed by atoms with Crippen LogP contribution in [-0.2, 0) is 10.2 Å². The van der Waals surface area contributed by atoms with E-state index in [2.05, 4.69) is 15.6 Å². The second-order valence-electron chi connectivity index (χ2n) is 7.27. The van der Waals surface area contributed by atoms with Gasteiger partial charge in [0.1, 0.15) is 11.6 Å². The summed E-state index contributed by atoms with van der Waals surface area (Å²) in [6.45, 7) is 3.55. The Morgan fingerprint density at radius 2 is 1.79 bits per heavy atom. The first-order chi connectivity index (χ1) is 14.2. The lowest BCUT2D eigenvalue weighted by atomic mass is 9.74. The predicted molar refractivity (Wildman–Crippen MR) is 114 cm³/mol. The topological polar surface area (TPSA) is 54.9 Å². The number of aliphatic imine (C=N–C) groups is 1. The molecule has 0 bridgehead atoms. The predicted octanol–water partition coefficient (Wildman–Crippen LogP) is 3.51. The van der Waals surface area contributed by atoms with E-state index in [1.54, 1.807) is 7.05 Å². The Kier molecular flexibility index (Phi) is 7.87. The van der Waals surface area contributed by atoms with Gasteiger partial charge in [0.15, 0.2) is 5.96 Å². The first kappa shape index (κ1) is 21.1. The minimum absolute atomic E-state index is 0.0833. The standard InChI is InChI=1S/C23H30FN3O2/c1-25-22(26-14-5-15-29-21-6-3-2-4-7-21)27-18-23(12-16-28-17-13-23)19-8-10-20(24)11-9-19/h2-4,6-11H,5,12-18H2,1H3,(H2,25,26,27). The Hall–Kier alpha value is -2.60. The lowest BCUT2D eigenvalue weighted by molar-refractivity contribution is 0.0513. The van der Waals surface area contributed by atoms with Gasteiger partial charge in [0.05, 0.1) is 6.61 Å². The molecule has 6 heteroatoms. The molecule has 1 heterocycles. The van der Waals surface area contributed by atoms with E-state index in [1.165, 1.54) is 12.1 Å². The van der Waals surface area contributed by atoms with E-state index in [0.29, 0.717) is 19.8 Å². The minimum Gasteiger partial charge on any atom is -0.494 e. The van der Waals surface area contributed by atoms with Gasteiger partial charge in [-0.15, -0.1) is 0 Å². The quantitative estimate of drug-likeness (QED) is 0.405. The summed E-state index contributed by atoms with van der Waals surface area (Å²) in [5.41, 5.74) is 1.06. The van der Waals surface area contributed by atoms with E-state index in [-0.39, 0.29) is 11.2 Å². The molecule has 0 amide bonds. The number of nitrogens with zero attached hydrogens (tertiary/aromatic N) is 1. The van der Waals surface area contributed by atoms with Crippen molar-refractivity contribution >= 4 is 5.96 Å². The second-order valence-corrected chi connectivity index (χ2v) is 7.27. The van der Waals surface area contributed by atoms with Gasteiger partial charge in [-0.3, -0.25) is 4.99 Å².